The Bertz CT molecular complexity index is 780. The van der Waals surface area contributed by atoms with Crippen molar-refractivity contribution in [1.82, 2.24) is 20.0 Å². The molecule has 3 aromatic rings. The van der Waals surface area contributed by atoms with Crippen LogP contribution in [0.3, 0.4) is 0 Å². The zero-order valence-corrected chi connectivity index (χ0v) is 11.7. The number of aromatic nitrogens is 4. The van der Waals surface area contributed by atoms with Crippen molar-refractivity contribution in [3.63, 3.8) is 0 Å². The maximum atomic E-state index is 12.1. The van der Waals surface area contributed by atoms with E-state index >= 15 is 0 Å². The maximum Gasteiger partial charge on any atom is 0.263 e. The fourth-order valence-corrected chi connectivity index (χ4v) is 3.28. The molecule has 0 unspecified atom stereocenters. The third kappa shape index (κ3) is 2.53. The fraction of sp³-hybridized carbons (Fsp3) is 0. The van der Waals surface area contributed by atoms with Gasteiger partial charge in [0.1, 0.15) is 5.51 Å². The van der Waals surface area contributed by atoms with Gasteiger partial charge >= 0.3 is 0 Å². The largest absolute Gasteiger partial charge is 0.263 e. The minimum Gasteiger partial charge on any atom is -0.253 e. The van der Waals surface area contributed by atoms with Crippen LogP contribution in [0.5, 0.6) is 0 Å². The molecule has 20 heavy (non-hydrogen) atoms. The number of rotatable bonds is 4. The lowest BCUT2D eigenvalue weighted by Gasteiger charge is -2.06. The summed E-state index contributed by atoms with van der Waals surface area (Å²) in [4.78, 5) is 0.156. The number of anilines is 1. The molecule has 0 bridgehead atoms. The smallest absolute Gasteiger partial charge is 0.253 e. The van der Waals surface area contributed by atoms with E-state index in [0.29, 0.717) is 0 Å². The van der Waals surface area contributed by atoms with Gasteiger partial charge in [-0.2, -0.15) is 5.10 Å². The molecule has 1 aromatic carbocycles. The average Bonchev–Trinajstić information content (AvgIpc) is 3.11. The molecule has 2 heterocycles. The molecule has 0 saturated heterocycles. The van der Waals surface area contributed by atoms with E-state index in [9.17, 15) is 8.42 Å². The highest BCUT2D eigenvalue weighted by Gasteiger charge is 2.15. The number of nitrogens with zero attached hydrogens (tertiary/aromatic N) is 4. The lowest BCUT2D eigenvalue weighted by Crippen LogP contribution is -2.12. The third-order valence-electron chi connectivity index (χ3n) is 2.50. The van der Waals surface area contributed by atoms with E-state index in [1.165, 1.54) is 17.6 Å². The number of hydrogen-bond donors (Lipinski definition) is 1. The molecule has 0 radical (unpaired) electrons. The van der Waals surface area contributed by atoms with Crippen LogP contribution in [-0.2, 0) is 10.0 Å². The van der Waals surface area contributed by atoms with Crippen LogP contribution in [0.25, 0.3) is 5.69 Å². The summed E-state index contributed by atoms with van der Waals surface area (Å²) in [5, 5.41) is 11.5. The van der Waals surface area contributed by atoms with Crippen LogP contribution in [0.2, 0.25) is 0 Å². The summed E-state index contributed by atoms with van der Waals surface area (Å²) in [6.45, 7) is 0. The highest BCUT2D eigenvalue weighted by Crippen LogP contribution is 2.18. The van der Waals surface area contributed by atoms with Gasteiger partial charge in [-0.05, 0) is 30.3 Å². The zero-order chi connectivity index (χ0) is 14.0. The lowest BCUT2D eigenvalue weighted by molar-refractivity contribution is 0.601. The Morgan fingerprint density at radius 1 is 1.20 bits per heavy atom. The van der Waals surface area contributed by atoms with Gasteiger partial charge in [-0.3, -0.25) is 4.72 Å². The van der Waals surface area contributed by atoms with Gasteiger partial charge in [0, 0.05) is 12.4 Å². The van der Waals surface area contributed by atoms with Crippen molar-refractivity contribution in [3.05, 3.63) is 48.2 Å². The molecule has 0 atom stereocenters. The van der Waals surface area contributed by atoms with Gasteiger partial charge in [-0.1, -0.05) is 11.3 Å². The van der Waals surface area contributed by atoms with E-state index in [-0.39, 0.29) is 10.0 Å². The summed E-state index contributed by atoms with van der Waals surface area (Å²) < 4.78 is 28.2. The Kier molecular flexibility index (Phi) is 3.20. The molecule has 1 N–H and O–H groups in total. The van der Waals surface area contributed by atoms with E-state index in [2.05, 4.69) is 20.0 Å². The molecule has 7 nitrogen and oxygen atoms in total. The predicted molar refractivity (Wildman–Crippen MR) is 74.3 cm³/mol. The van der Waals surface area contributed by atoms with Crippen LogP contribution in [0.15, 0.2) is 53.1 Å². The van der Waals surface area contributed by atoms with E-state index in [1.54, 1.807) is 35.3 Å². The molecular weight excluding hydrogens is 298 g/mol. The molecule has 0 saturated carbocycles. The number of sulfonamides is 1. The summed E-state index contributed by atoms with van der Waals surface area (Å²) in [6, 6.07) is 8.19. The quantitative estimate of drug-likeness (QED) is 0.789. The third-order valence-corrected chi connectivity index (χ3v) is 4.59. The van der Waals surface area contributed by atoms with Crippen LogP contribution >= 0.6 is 11.3 Å². The lowest BCUT2D eigenvalue weighted by atomic mass is 10.3. The first kappa shape index (κ1) is 12.8. The molecule has 0 aliphatic heterocycles. The van der Waals surface area contributed by atoms with Crippen LogP contribution in [0.4, 0.5) is 5.13 Å². The van der Waals surface area contributed by atoms with Crippen LogP contribution in [-0.4, -0.2) is 28.4 Å². The Morgan fingerprint density at radius 3 is 2.60 bits per heavy atom. The molecule has 9 heteroatoms. The van der Waals surface area contributed by atoms with Crippen molar-refractivity contribution in [2.45, 2.75) is 4.90 Å². The highest BCUT2D eigenvalue weighted by atomic mass is 32.2. The Balaban J connectivity index is 1.87. The molecule has 0 aliphatic carbocycles. The molecular formula is C11H9N5O2S2. The van der Waals surface area contributed by atoms with E-state index in [4.69, 9.17) is 0 Å². The number of benzene rings is 1. The monoisotopic (exact) mass is 307 g/mol. The molecule has 0 aliphatic rings. The minimum atomic E-state index is -3.64. The van der Waals surface area contributed by atoms with Gasteiger partial charge < -0.3 is 0 Å². The van der Waals surface area contributed by atoms with Crippen molar-refractivity contribution in [3.8, 4) is 5.69 Å². The summed E-state index contributed by atoms with van der Waals surface area (Å²) >= 11 is 1.12. The maximum absolute atomic E-state index is 12.1. The molecule has 0 fully saturated rings. The SMILES string of the molecule is O=S(=O)(Nc1nncs1)c1ccc(-n2cccn2)cc1. The zero-order valence-electron chi connectivity index (χ0n) is 10.0. The van der Waals surface area contributed by atoms with Crippen LogP contribution in [0.1, 0.15) is 0 Å². The Hall–Kier alpha value is -2.26. The molecule has 0 spiro atoms. The number of hydrogen-bond acceptors (Lipinski definition) is 6. The van der Waals surface area contributed by atoms with Crippen molar-refractivity contribution in [2.24, 2.45) is 0 Å². The minimum absolute atomic E-state index is 0.156. The molecule has 0 amide bonds. The van der Waals surface area contributed by atoms with Gasteiger partial charge in [-0.25, -0.2) is 13.1 Å². The van der Waals surface area contributed by atoms with E-state index in [1.807, 2.05) is 0 Å². The predicted octanol–water partition coefficient (Wildman–Crippen LogP) is 1.52. The van der Waals surface area contributed by atoms with Crippen molar-refractivity contribution in [1.29, 1.82) is 0 Å². The summed E-state index contributed by atoms with van der Waals surface area (Å²) in [5.74, 6) is 0. The first-order valence-electron chi connectivity index (χ1n) is 5.54. The first-order valence-corrected chi connectivity index (χ1v) is 7.90. The van der Waals surface area contributed by atoms with E-state index in [0.717, 1.165) is 17.0 Å². The van der Waals surface area contributed by atoms with Crippen molar-refractivity contribution in [2.75, 3.05) is 4.72 Å². The standard InChI is InChI=1S/C11H9N5O2S2/c17-20(18,15-11-14-12-8-19-11)10-4-2-9(3-5-10)16-7-1-6-13-16/h1-8H,(H,14,15). The second-order valence-corrected chi connectivity index (χ2v) is 6.31. The first-order chi connectivity index (χ1) is 9.65. The summed E-state index contributed by atoms with van der Waals surface area (Å²) in [5.41, 5.74) is 2.24. The Morgan fingerprint density at radius 2 is 2.00 bits per heavy atom. The second kappa shape index (κ2) is 5.02. The van der Waals surface area contributed by atoms with Crippen molar-refractivity contribution < 1.29 is 8.42 Å². The Labute approximate surface area is 119 Å². The van der Waals surface area contributed by atoms with Crippen LogP contribution in [0, 0.1) is 0 Å². The van der Waals surface area contributed by atoms with Gasteiger partial charge in [0.25, 0.3) is 10.0 Å². The summed E-state index contributed by atoms with van der Waals surface area (Å²) in [7, 11) is -3.64. The van der Waals surface area contributed by atoms with Crippen molar-refractivity contribution >= 4 is 26.5 Å². The number of nitrogens with one attached hydrogen (secondary N) is 1. The van der Waals surface area contributed by atoms with Gasteiger partial charge in [0.05, 0.1) is 10.6 Å². The van der Waals surface area contributed by atoms with Gasteiger partial charge in [0.2, 0.25) is 5.13 Å². The summed E-state index contributed by atoms with van der Waals surface area (Å²) in [6.07, 6.45) is 3.44. The molecule has 102 valence electrons. The van der Waals surface area contributed by atoms with Crippen LogP contribution < -0.4 is 4.72 Å². The highest BCUT2D eigenvalue weighted by molar-refractivity contribution is 7.93. The van der Waals surface area contributed by atoms with Gasteiger partial charge in [0.15, 0.2) is 0 Å². The topological polar surface area (TPSA) is 89.8 Å². The van der Waals surface area contributed by atoms with Gasteiger partial charge in [-0.15, -0.1) is 10.2 Å². The second-order valence-electron chi connectivity index (χ2n) is 3.79. The molecule has 3 rings (SSSR count). The van der Waals surface area contributed by atoms with E-state index < -0.39 is 10.0 Å². The molecule has 2 aromatic heterocycles. The normalized spacial score (nSPS) is 11.4. The average molecular weight is 307 g/mol. The fourth-order valence-electron chi connectivity index (χ4n) is 1.59.